The normalized spacial score (nSPS) is 13.5. The summed E-state index contributed by atoms with van der Waals surface area (Å²) < 4.78 is 6.11. The highest BCUT2D eigenvalue weighted by atomic mass is 16.5. The minimum absolute atomic E-state index is 0.912. The van der Waals surface area contributed by atoms with Crippen LogP contribution in [0.2, 0.25) is 0 Å². The maximum atomic E-state index is 6.11. The summed E-state index contributed by atoms with van der Waals surface area (Å²) in [7, 11) is 8.30. The van der Waals surface area contributed by atoms with E-state index in [1.807, 2.05) is 0 Å². The smallest absolute Gasteiger partial charge is 0.131 e. The minimum Gasteiger partial charge on any atom is -0.457 e. The molecule has 0 radical (unpaired) electrons. The SMILES string of the molecule is CN(C)C/C=C/c1ccc2c(c1)Cc1cc(/C=C/CN(C)C)ccc1O2. The number of nitrogens with zero attached hydrogens (tertiary/aromatic N) is 2. The molecule has 0 spiro atoms. The average Bonchev–Trinajstić information content (AvgIpc) is 2.59. The molecule has 3 rings (SSSR count). The Morgan fingerprint density at radius 1 is 0.769 bits per heavy atom. The number of hydrogen-bond acceptors (Lipinski definition) is 3. The van der Waals surface area contributed by atoms with Crippen molar-refractivity contribution in [2.45, 2.75) is 6.42 Å². The van der Waals surface area contributed by atoms with Crippen LogP contribution in [0, 0.1) is 0 Å². The molecule has 2 aromatic rings. The maximum Gasteiger partial charge on any atom is 0.131 e. The van der Waals surface area contributed by atoms with Crippen LogP contribution in [0.25, 0.3) is 12.2 Å². The van der Waals surface area contributed by atoms with Crippen LogP contribution in [-0.2, 0) is 6.42 Å². The molecule has 0 amide bonds. The van der Waals surface area contributed by atoms with Gasteiger partial charge in [-0.05, 0) is 74.7 Å². The second kappa shape index (κ2) is 8.35. The van der Waals surface area contributed by atoms with Crippen LogP contribution < -0.4 is 4.74 Å². The van der Waals surface area contributed by atoms with Gasteiger partial charge >= 0.3 is 0 Å². The Bertz CT molecular complexity index is 751. The van der Waals surface area contributed by atoms with Crippen molar-refractivity contribution in [2.24, 2.45) is 0 Å². The molecule has 0 N–H and O–H groups in total. The summed E-state index contributed by atoms with van der Waals surface area (Å²) in [6, 6.07) is 12.9. The van der Waals surface area contributed by atoms with Crippen LogP contribution in [0.1, 0.15) is 22.3 Å². The molecule has 1 aliphatic heterocycles. The predicted molar refractivity (Wildman–Crippen MR) is 111 cm³/mol. The summed E-state index contributed by atoms with van der Waals surface area (Å²) in [5.74, 6) is 1.94. The lowest BCUT2D eigenvalue weighted by Gasteiger charge is -2.21. The molecule has 3 heteroatoms. The molecule has 0 saturated heterocycles. The number of ether oxygens (including phenoxy) is 1. The maximum absolute atomic E-state index is 6.11. The van der Waals surface area contributed by atoms with Crippen molar-refractivity contribution in [3.05, 3.63) is 70.8 Å². The molecule has 136 valence electrons. The fourth-order valence-electron chi connectivity index (χ4n) is 3.00. The quantitative estimate of drug-likeness (QED) is 0.651. The van der Waals surface area contributed by atoms with Gasteiger partial charge in [-0.1, -0.05) is 36.4 Å². The Morgan fingerprint density at radius 2 is 1.23 bits per heavy atom. The molecule has 26 heavy (non-hydrogen) atoms. The Balaban J connectivity index is 1.76. The van der Waals surface area contributed by atoms with Gasteiger partial charge in [0.15, 0.2) is 0 Å². The topological polar surface area (TPSA) is 15.7 Å². The van der Waals surface area contributed by atoms with Gasteiger partial charge in [0.05, 0.1) is 0 Å². The summed E-state index contributed by atoms with van der Waals surface area (Å²) in [6.45, 7) is 1.89. The average molecular weight is 348 g/mol. The highest BCUT2D eigenvalue weighted by Gasteiger charge is 2.17. The van der Waals surface area contributed by atoms with Gasteiger partial charge in [-0.3, -0.25) is 0 Å². The van der Waals surface area contributed by atoms with E-state index < -0.39 is 0 Å². The largest absolute Gasteiger partial charge is 0.457 e. The zero-order valence-corrected chi connectivity index (χ0v) is 16.2. The first-order chi connectivity index (χ1) is 12.5. The van der Waals surface area contributed by atoms with E-state index in [2.05, 4.69) is 98.7 Å². The van der Waals surface area contributed by atoms with Crippen molar-refractivity contribution in [3.63, 3.8) is 0 Å². The molecule has 0 aromatic heterocycles. The molecular weight excluding hydrogens is 320 g/mol. The molecular formula is C23H28N2O. The van der Waals surface area contributed by atoms with Gasteiger partial charge in [0.1, 0.15) is 11.5 Å². The molecule has 1 aliphatic rings. The zero-order valence-electron chi connectivity index (χ0n) is 16.2. The van der Waals surface area contributed by atoms with Crippen LogP contribution >= 0.6 is 0 Å². The van der Waals surface area contributed by atoms with Crippen molar-refractivity contribution in [1.82, 2.24) is 9.80 Å². The van der Waals surface area contributed by atoms with E-state index >= 15 is 0 Å². The number of hydrogen-bond donors (Lipinski definition) is 0. The van der Waals surface area contributed by atoms with Crippen LogP contribution in [0.5, 0.6) is 11.5 Å². The number of fused-ring (bicyclic) bond motifs is 2. The molecule has 0 unspecified atom stereocenters. The first-order valence-electron chi connectivity index (χ1n) is 9.07. The van der Waals surface area contributed by atoms with Gasteiger partial charge in [0.25, 0.3) is 0 Å². The summed E-state index contributed by atoms with van der Waals surface area (Å²) in [5.41, 5.74) is 4.94. The van der Waals surface area contributed by atoms with E-state index in [-0.39, 0.29) is 0 Å². The standard InChI is InChI=1S/C23H28N2O/c1-24(2)13-5-7-18-9-11-22-20(15-18)17-21-16-19(8-6-14-25(3)4)10-12-23(21)26-22/h5-12,15-16H,13-14,17H2,1-4H3/b7-5+,8-6+. The van der Waals surface area contributed by atoms with E-state index in [9.17, 15) is 0 Å². The summed E-state index contributed by atoms with van der Waals surface area (Å²) in [4.78, 5) is 4.30. The molecule has 0 saturated carbocycles. The van der Waals surface area contributed by atoms with Gasteiger partial charge in [0.2, 0.25) is 0 Å². The minimum atomic E-state index is 0.912. The van der Waals surface area contributed by atoms with Crippen LogP contribution in [-0.4, -0.2) is 51.1 Å². The first-order valence-corrected chi connectivity index (χ1v) is 9.07. The molecule has 1 heterocycles. The van der Waals surface area contributed by atoms with Crippen molar-refractivity contribution in [3.8, 4) is 11.5 Å². The summed E-state index contributed by atoms with van der Waals surface area (Å²) >= 11 is 0. The Morgan fingerprint density at radius 3 is 1.65 bits per heavy atom. The van der Waals surface area contributed by atoms with Crippen LogP contribution in [0.15, 0.2) is 48.6 Å². The van der Waals surface area contributed by atoms with Crippen molar-refractivity contribution >= 4 is 12.2 Å². The molecule has 3 nitrogen and oxygen atoms in total. The van der Waals surface area contributed by atoms with Gasteiger partial charge in [-0.25, -0.2) is 0 Å². The number of benzene rings is 2. The molecule has 0 aliphatic carbocycles. The van der Waals surface area contributed by atoms with Gasteiger partial charge in [-0.15, -0.1) is 0 Å². The Labute approximate surface area is 157 Å². The van der Waals surface area contributed by atoms with Gasteiger partial charge < -0.3 is 14.5 Å². The van der Waals surface area contributed by atoms with Crippen molar-refractivity contribution in [2.75, 3.05) is 41.3 Å². The molecule has 0 atom stereocenters. The third-order valence-electron chi connectivity index (χ3n) is 4.33. The van der Waals surface area contributed by atoms with Crippen molar-refractivity contribution in [1.29, 1.82) is 0 Å². The van der Waals surface area contributed by atoms with E-state index in [1.165, 1.54) is 22.3 Å². The molecule has 0 bridgehead atoms. The third kappa shape index (κ3) is 4.84. The molecule has 2 aromatic carbocycles. The number of likely N-dealkylation sites (N-methyl/N-ethyl adjacent to an activating group) is 2. The van der Waals surface area contributed by atoms with E-state index in [0.717, 1.165) is 31.0 Å². The van der Waals surface area contributed by atoms with Gasteiger partial charge in [0, 0.05) is 19.5 Å². The Hall–Kier alpha value is -2.36. The second-order valence-electron chi connectivity index (χ2n) is 7.34. The first kappa shape index (κ1) is 18.4. The highest BCUT2D eigenvalue weighted by molar-refractivity contribution is 5.60. The van der Waals surface area contributed by atoms with Crippen molar-refractivity contribution < 1.29 is 4.74 Å². The fraction of sp³-hybridized carbons (Fsp3) is 0.304. The lowest BCUT2D eigenvalue weighted by atomic mass is 9.97. The summed E-state index contributed by atoms with van der Waals surface area (Å²) in [5, 5.41) is 0. The summed E-state index contributed by atoms with van der Waals surface area (Å²) in [6.07, 6.45) is 9.64. The fourth-order valence-corrected chi connectivity index (χ4v) is 3.00. The second-order valence-corrected chi connectivity index (χ2v) is 7.34. The van der Waals surface area contributed by atoms with E-state index in [1.54, 1.807) is 0 Å². The lowest BCUT2D eigenvalue weighted by molar-refractivity contribution is 0.457. The highest BCUT2D eigenvalue weighted by Crippen LogP contribution is 2.37. The number of rotatable bonds is 6. The monoisotopic (exact) mass is 348 g/mol. The van der Waals surface area contributed by atoms with E-state index in [4.69, 9.17) is 4.74 Å². The zero-order chi connectivity index (χ0) is 18.5. The van der Waals surface area contributed by atoms with Gasteiger partial charge in [-0.2, -0.15) is 0 Å². The Kier molecular flexibility index (Phi) is 5.92. The predicted octanol–water partition coefficient (Wildman–Crippen LogP) is 4.53. The van der Waals surface area contributed by atoms with Crippen LogP contribution in [0.4, 0.5) is 0 Å². The van der Waals surface area contributed by atoms with Crippen LogP contribution in [0.3, 0.4) is 0 Å². The van der Waals surface area contributed by atoms with E-state index in [0.29, 0.717) is 0 Å². The lowest BCUT2D eigenvalue weighted by Crippen LogP contribution is -2.10. The third-order valence-corrected chi connectivity index (χ3v) is 4.33. The molecule has 0 fully saturated rings.